The molecule has 0 fully saturated rings. The Morgan fingerprint density at radius 2 is 2.35 bits per heavy atom. The zero-order chi connectivity index (χ0) is 12.6. The number of nitrogens with zero attached hydrogens (tertiary/aromatic N) is 2. The highest BCUT2D eigenvalue weighted by molar-refractivity contribution is 9.10. The third kappa shape index (κ3) is 1.95. The van der Waals surface area contributed by atoms with Crippen LogP contribution in [0.15, 0.2) is 10.7 Å². The number of rotatable bonds is 2. The second kappa shape index (κ2) is 4.28. The van der Waals surface area contributed by atoms with Gasteiger partial charge in [-0.05, 0) is 22.9 Å². The van der Waals surface area contributed by atoms with Crippen LogP contribution in [0.1, 0.15) is 11.7 Å². The second-order valence-corrected chi connectivity index (χ2v) is 4.09. The van der Waals surface area contributed by atoms with Crippen LogP contribution in [0.25, 0.3) is 0 Å². The lowest BCUT2D eigenvalue weighted by atomic mass is 10.1. The molecule has 1 atom stereocenters. The maximum Gasteiger partial charge on any atom is 0.328 e. The molecule has 2 heterocycles. The summed E-state index contributed by atoms with van der Waals surface area (Å²) in [6, 6.07) is 1.47. The lowest BCUT2D eigenvalue weighted by Crippen LogP contribution is -2.44. The number of anilines is 1. The molecule has 1 aromatic rings. The molecule has 0 spiro atoms. The largest absolute Gasteiger partial charge is 0.465 e. The summed E-state index contributed by atoms with van der Waals surface area (Å²) in [7, 11) is 0. The van der Waals surface area contributed by atoms with E-state index in [0.717, 1.165) is 4.68 Å². The fourth-order valence-corrected chi connectivity index (χ4v) is 1.85. The van der Waals surface area contributed by atoms with Crippen molar-refractivity contribution in [1.29, 1.82) is 0 Å². The van der Waals surface area contributed by atoms with E-state index < -0.39 is 23.7 Å². The lowest BCUT2D eigenvalue weighted by Gasteiger charge is -2.19. The van der Waals surface area contributed by atoms with E-state index in [1.54, 1.807) is 6.92 Å². The van der Waals surface area contributed by atoms with Crippen molar-refractivity contribution in [2.75, 3.05) is 11.9 Å². The minimum Gasteiger partial charge on any atom is -0.465 e. The summed E-state index contributed by atoms with van der Waals surface area (Å²) < 4.78 is 6.03. The number of hydrogen-bond donors (Lipinski definition) is 1. The first-order valence-electron chi connectivity index (χ1n) is 4.82. The van der Waals surface area contributed by atoms with Crippen molar-refractivity contribution >= 4 is 39.5 Å². The van der Waals surface area contributed by atoms with Crippen molar-refractivity contribution in [2.45, 2.75) is 6.92 Å². The van der Waals surface area contributed by atoms with E-state index in [4.69, 9.17) is 0 Å². The molecule has 0 aromatic carbocycles. The number of fused-ring (bicyclic) bond motifs is 1. The molecule has 8 heteroatoms. The maximum absolute atomic E-state index is 11.9. The standard InChI is InChI=1S/C9H8BrN3O4/c1-2-17-9(16)6-7(14)11-5-3-4(10)12-13(5)8(6)15/h3,6H,2H2,1H3,(H,11,14). The number of carbonyl (C=O) groups excluding carboxylic acids is 3. The summed E-state index contributed by atoms with van der Waals surface area (Å²) >= 11 is 3.08. The Kier molecular flexibility index (Phi) is 2.97. The quantitative estimate of drug-likeness (QED) is 0.631. The first kappa shape index (κ1) is 11.8. The first-order valence-corrected chi connectivity index (χ1v) is 5.61. The van der Waals surface area contributed by atoms with Crippen LogP contribution in [-0.4, -0.2) is 34.2 Å². The van der Waals surface area contributed by atoms with E-state index in [9.17, 15) is 14.4 Å². The van der Waals surface area contributed by atoms with Crippen molar-refractivity contribution in [3.8, 4) is 0 Å². The Hall–Kier alpha value is -1.70. The fourth-order valence-electron chi connectivity index (χ4n) is 1.48. The summed E-state index contributed by atoms with van der Waals surface area (Å²) in [6.45, 7) is 1.70. The molecular formula is C9H8BrN3O4. The third-order valence-corrected chi connectivity index (χ3v) is 2.56. The summed E-state index contributed by atoms with van der Waals surface area (Å²) in [5.74, 6) is -3.55. The van der Waals surface area contributed by atoms with Crippen LogP contribution in [0.5, 0.6) is 0 Å². The van der Waals surface area contributed by atoms with E-state index in [2.05, 4.69) is 31.1 Å². The van der Waals surface area contributed by atoms with Gasteiger partial charge in [-0.3, -0.25) is 14.4 Å². The predicted octanol–water partition coefficient (Wildman–Crippen LogP) is 0.417. The Morgan fingerprint density at radius 3 is 3.00 bits per heavy atom. The molecule has 0 radical (unpaired) electrons. The Balaban J connectivity index is 2.36. The summed E-state index contributed by atoms with van der Waals surface area (Å²) in [4.78, 5) is 35.0. The van der Waals surface area contributed by atoms with E-state index in [1.165, 1.54) is 6.07 Å². The van der Waals surface area contributed by atoms with Gasteiger partial charge in [-0.15, -0.1) is 0 Å². The zero-order valence-electron chi connectivity index (χ0n) is 8.77. The smallest absolute Gasteiger partial charge is 0.328 e. The first-order chi connectivity index (χ1) is 8.04. The van der Waals surface area contributed by atoms with Gasteiger partial charge in [0.25, 0.3) is 5.91 Å². The van der Waals surface area contributed by atoms with Gasteiger partial charge in [0.2, 0.25) is 11.8 Å². The number of aromatic nitrogens is 2. The highest BCUT2D eigenvalue weighted by Crippen LogP contribution is 2.22. The van der Waals surface area contributed by atoms with Gasteiger partial charge in [-0.2, -0.15) is 9.78 Å². The lowest BCUT2D eigenvalue weighted by molar-refractivity contribution is -0.149. The third-order valence-electron chi connectivity index (χ3n) is 2.17. The van der Waals surface area contributed by atoms with Crippen LogP contribution >= 0.6 is 15.9 Å². The average Bonchev–Trinajstić information content (AvgIpc) is 2.59. The van der Waals surface area contributed by atoms with Crippen molar-refractivity contribution in [2.24, 2.45) is 5.92 Å². The summed E-state index contributed by atoms with van der Waals surface area (Å²) in [5, 5.41) is 6.23. The Labute approximate surface area is 104 Å². The second-order valence-electron chi connectivity index (χ2n) is 3.28. The van der Waals surface area contributed by atoms with Crippen LogP contribution < -0.4 is 5.32 Å². The number of halogens is 1. The summed E-state index contributed by atoms with van der Waals surface area (Å²) in [6.07, 6.45) is 0. The maximum atomic E-state index is 11.9. The van der Waals surface area contributed by atoms with Gasteiger partial charge in [-0.1, -0.05) is 0 Å². The van der Waals surface area contributed by atoms with Gasteiger partial charge in [0.1, 0.15) is 10.4 Å². The highest BCUT2D eigenvalue weighted by atomic mass is 79.9. The van der Waals surface area contributed by atoms with E-state index in [-0.39, 0.29) is 12.4 Å². The average molecular weight is 302 g/mol. The molecule has 0 saturated heterocycles. The SMILES string of the molecule is CCOC(=O)C1C(=O)Nc2cc(Br)nn2C1=O. The van der Waals surface area contributed by atoms with Gasteiger partial charge in [0.15, 0.2) is 0 Å². The van der Waals surface area contributed by atoms with Crippen molar-refractivity contribution in [1.82, 2.24) is 9.78 Å². The molecule has 7 nitrogen and oxygen atoms in total. The van der Waals surface area contributed by atoms with Gasteiger partial charge in [0, 0.05) is 6.07 Å². The number of amides is 1. The molecule has 1 N–H and O–H groups in total. The van der Waals surface area contributed by atoms with Gasteiger partial charge in [-0.25, -0.2) is 0 Å². The number of ether oxygens (including phenoxy) is 1. The number of esters is 1. The van der Waals surface area contributed by atoms with E-state index in [1.807, 2.05) is 0 Å². The van der Waals surface area contributed by atoms with Crippen molar-refractivity contribution < 1.29 is 19.1 Å². The molecule has 0 saturated carbocycles. The molecule has 0 bridgehead atoms. The molecule has 1 aliphatic rings. The van der Waals surface area contributed by atoms with Gasteiger partial charge >= 0.3 is 5.97 Å². The van der Waals surface area contributed by atoms with Crippen LogP contribution in [0.2, 0.25) is 0 Å². The van der Waals surface area contributed by atoms with Crippen molar-refractivity contribution in [3.63, 3.8) is 0 Å². The number of hydrogen-bond acceptors (Lipinski definition) is 5. The van der Waals surface area contributed by atoms with Crippen LogP contribution in [0.4, 0.5) is 5.82 Å². The fraction of sp³-hybridized carbons (Fsp3) is 0.333. The minimum absolute atomic E-state index is 0.103. The molecule has 1 amide bonds. The zero-order valence-corrected chi connectivity index (χ0v) is 10.4. The minimum atomic E-state index is -1.49. The number of nitrogens with one attached hydrogen (secondary N) is 1. The van der Waals surface area contributed by atoms with Crippen LogP contribution in [0, 0.1) is 5.92 Å². The normalized spacial score (nSPS) is 18.6. The van der Waals surface area contributed by atoms with Crippen LogP contribution in [-0.2, 0) is 14.3 Å². The summed E-state index contributed by atoms with van der Waals surface area (Å²) in [5.41, 5.74) is 0. The Bertz CT molecular complexity index is 510. The topological polar surface area (TPSA) is 90.3 Å². The van der Waals surface area contributed by atoms with E-state index >= 15 is 0 Å². The molecule has 2 rings (SSSR count). The molecule has 0 aliphatic carbocycles. The molecule has 90 valence electrons. The molecule has 17 heavy (non-hydrogen) atoms. The molecule has 1 aliphatic heterocycles. The highest BCUT2D eigenvalue weighted by Gasteiger charge is 2.42. The molecular weight excluding hydrogens is 294 g/mol. The van der Waals surface area contributed by atoms with Crippen molar-refractivity contribution in [3.05, 3.63) is 10.7 Å². The number of carbonyl (C=O) groups is 3. The molecule has 1 unspecified atom stereocenters. The van der Waals surface area contributed by atoms with Gasteiger partial charge < -0.3 is 10.1 Å². The molecule has 1 aromatic heterocycles. The Morgan fingerprint density at radius 1 is 1.65 bits per heavy atom. The predicted molar refractivity (Wildman–Crippen MR) is 59.3 cm³/mol. The van der Waals surface area contributed by atoms with E-state index in [0.29, 0.717) is 4.60 Å². The monoisotopic (exact) mass is 301 g/mol. The van der Waals surface area contributed by atoms with Crippen LogP contribution in [0.3, 0.4) is 0 Å². The van der Waals surface area contributed by atoms with Gasteiger partial charge in [0.05, 0.1) is 6.61 Å².